The van der Waals surface area contributed by atoms with Crippen LogP contribution in [0.3, 0.4) is 0 Å². The Morgan fingerprint density at radius 3 is 2.51 bits per heavy atom. The van der Waals surface area contributed by atoms with Crippen molar-refractivity contribution in [2.75, 3.05) is 19.7 Å². The largest absolute Gasteiger partial charge is 0.522 e. The molecule has 0 aromatic heterocycles. The molecule has 3 amide bonds. The lowest BCUT2D eigenvalue weighted by Crippen LogP contribution is -2.55. The Kier molecular flexibility index (Phi) is 7.35. The van der Waals surface area contributed by atoms with Gasteiger partial charge < -0.3 is 20.6 Å². The van der Waals surface area contributed by atoms with E-state index in [1.165, 1.54) is 4.90 Å². The molecule has 202 valence electrons. The van der Waals surface area contributed by atoms with Gasteiger partial charge >= 0.3 is 6.36 Å². The quantitative estimate of drug-likeness (QED) is 0.447. The number of amides is 3. The van der Waals surface area contributed by atoms with E-state index >= 15 is 0 Å². The van der Waals surface area contributed by atoms with Crippen LogP contribution < -0.4 is 10.6 Å². The van der Waals surface area contributed by atoms with E-state index in [9.17, 15) is 37.5 Å². The van der Waals surface area contributed by atoms with Crippen molar-refractivity contribution >= 4 is 23.5 Å². The molecular formula is C25H30F3N3O6. The summed E-state index contributed by atoms with van der Waals surface area (Å²) in [6.45, 7) is 3.15. The van der Waals surface area contributed by atoms with E-state index in [0.717, 1.165) is 0 Å². The molecule has 1 aromatic carbocycles. The Labute approximate surface area is 211 Å². The monoisotopic (exact) mass is 525 g/mol. The fraction of sp³-hybridized carbons (Fsp3) is 0.600. The smallest absolute Gasteiger partial charge is 0.378 e. The predicted octanol–water partition coefficient (Wildman–Crippen LogP) is 1.32. The Hall–Kier alpha value is -2.99. The fourth-order valence-electron chi connectivity index (χ4n) is 5.68. The summed E-state index contributed by atoms with van der Waals surface area (Å²) in [5.74, 6) is -3.70. The molecule has 9 nitrogen and oxygen atoms in total. The third kappa shape index (κ3) is 5.64. The molecule has 2 aliphatic heterocycles. The van der Waals surface area contributed by atoms with Gasteiger partial charge in [0.1, 0.15) is 12.6 Å². The molecule has 0 bridgehead atoms. The minimum Gasteiger partial charge on any atom is -0.378 e. The van der Waals surface area contributed by atoms with Crippen molar-refractivity contribution in [2.45, 2.75) is 51.2 Å². The Balaban J connectivity index is 1.53. The van der Waals surface area contributed by atoms with Gasteiger partial charge in [-0.2, -0.15) is 0 Å². The number of likely N-dealkylation sites (tertiary alicyclic amines) is 1. The number of Topliss-reactive ketones (excluding diaryl/α,β-unsaturated/α-hetero) is 1. The molecule has 12 heteroatoms. The number of halogens is 3. The molecule has 37 heavy (non-hydrogen) atoms. The zero-order chi connectivity index (χ0) is 27.1. The summed E-state index contributed by atoms with van der Waals surface area (Å²) >= 11 is 0. The molecule has 0 spiro atoms. The fourth-order valence-corrected chi connectivity index (χ4v) is 5.68. The Morgan fingerprint density at radius 1 is 1.24 bits per heavy atom. The van der Waals surface area contributed by atoms with Gasteiger partial charge in [-0.3, -0.25) is 23.9 Å². The molecule has 2 heterocycles. The first-order chi connectivity index (χ1) is 17.3. The van der Waals surface area contributed by atoms with Crippen LogP contribution in [0.15, 0.2) is 30.3 Å². The molecule has 0 radical (unpaired) electrons. The first-order valence-corrected chi connectivity index (χ1v) is 12.2. The maximum Gasteiger partial charge on any atom is 0.522 e. The Morgan fingerprint density at radius 2 is 1.92 bits per heavy atom. The van der Waals surface area contributed by atoms with Gasteiger partial charge in [0.05, 0.1) is 6.04 Å². The van der Waals surface area contributed by atoms with Crippen molar-refractivity contribution in [3.05, 3.63) is 35.9 Å². The van der Waals surface area contributed by atoms with Crippen LogP contribution >= 0.6 is 0 Å². The summed E-state index contributed by atoms with van der Waals surface area (Å²) in [4.78, 5) is 52.7. The predicted molar refractivity (Wildman–Crippen MR) is 122 cm³/mol. The van der Waals surface area contributed by atoms with Gasteiger partial charge in [0.25, 0.3) is 5.91 Å². The maximum atomic E-state index is 13.5. The van der Waals surface area contributed by atoms with Gasteiger partial charge in [0.15, 0.2) is 11.9 Å². The van der Waals surface area contributed by atoms with Gasteiger partial charge in [0, 0.05) is 19.0 Å². The zero-order valence-electron chi connectivity index (χ0n) is 20.5. The topological polar surface area (TPSA) is 125 Å². The average molecular weight is 526 g/mol. The van der Waals surface area contributed by atoms with E-state index in [-0.39, 0.29) is 36.1 Å². The normalized spacial score (nSPS) is 27.7. The highest BCUT2D eigenvalue weighted by Crippen LogP contribution is 2.65. The molecular weight excluding hydrogens is 495 g/mol. The second-order valence-electron chi connectivity index (χ2n) is 10.5. The molecule has 3 fully saturated rings. The van der Waals surface area contributed by atoms with Crippen LogP contribution in [0.5, 0.6) is 0 Å². The van der Waals surface area contributed by atoms with Crippen LogP contribution in [0.4, 0.5) is 13.2 Å². The number of benzene rings is 1. The van der Waals surface area contributed by atoms with E-state index < -0.39 is 54.7 Å². The number of fused-ring (bicyclic) bond motifs is 1. The summed E-state index contributed by atoms with van der Waals surface area (Å²) in [6.07, 6.45) is -6.37. The number of ketones is 1. The lowest BCUT2D eigenvalue weighted by Gasteiger charge is -2.32. The molecule has 4 rings (SSSR count). The number of aliphatic hydroxyl groups excluding tert-OH is 1. The van der Waals surface area contributed by atoms with Gasteiger partial charge in [-0.15, -0.1) is 13.2 Å². The number of aliphatic hydroxyl groups is 1. The van der Waals surface area contributed by atoms with Crippen LogP contribution in [-0.4, -0.2) is 71.7 Å². The van der Waals surface area contributed by atoms with Crippen molar-refractivity contribution < 1.29 is 42.2 Å². The number of hydrogen-bond donors (Lipinski definition) is 3. The standard InChI is InChI=1S/C25H30F3N3O6/c1-24(2)15-11-31(23(36)20(33)13-6-4-3-5-7-13)19(18(15)24)22(35)30-16(10-14-8-9-29-21(14)34)17(32)12-37-25(26,27)28/h3-7,14-16,18-20,33H,8-12H2,1-2H3,(H,29,34)(H,30,35)/t14-,15-,16-,18-,19-,20+/m0/s1. The number of nitrogens with one attached hydrogen (secondary N) is 2. The second-order valence-corrected chi connectivity index (χ2v) is 10.5. The lowest BCUT2D eigenvalue weighted by molar-refractivity contribution is -0.321. The number of carbonyl (C=O) groups excluding carboxylic acids is 4. The number of alkyl halides is 3. The first-order valence-electron chi connectivity index (χ1n) is 12.2. The number of nitrogens with zero attached hydrogens (tertiary/aromatic N) is 1. The van der Waals surface area contributed by atoms with E-state index in [0.29, 0.717) is 18.5 Å². The summed E-state index contributed by atoms with van der Waals surface area (Å²) < 4.78 is 41.3. The lowest BCUT2D eigenvalue weighted by atomic mass is 9.94. The minimum absolute atomic E-state index is 0.0153. The van der Waals surface area contributed by atoms with Gasteiger partial charge in [-0.25, -0.2) is 0 Å². The van der Waals surface area contributed by atoms with Crippen LogP contribution in [0.1, 0.15) is 38.4 Å². The van der Waals surface area contributed by atoms with Gasteiger partial charge in [-0.05, 0) is 35.7 Å². The van der Waals surface area contributed by atoms with E-state index in [1.807, 2.05) is 13.8 Å². The van der Waals surface area contributed by atoms with Crippen LogP contribution in [-0.2, 0) is 23.9 Å². The highest BCUT2D eigenvalue weighted by Gasteiger charge is 2.69. The molecule has 3 N–H and O–H groups in total. The number of carbonyl (C=O) groups is 4. The van der Waals surface area contributed by atoms with Crippen molar-refractivity contribution in [2.24, 2.45) is 23.2 Å². The summed E-state index contributed by atoms with van der Waals surface area (Å²) in [5, 5.41) is 15.8. The molecule has 1 aliphatic carbocycles. The second kappa shape index (κ2) is 10.1. The van der Waals surface area contributed by atoms with Crippen molar-refractivity contribution in [1.29, 1.82) is 0 Å². The van der Waals surface area contributed by atoms with E-state index in [4.69, 9.17) is 0 Å². The summed E-state index contributed by atoms with van der Waals surface area (Å²) in [6, 6.07) is 5.79. The van der Waals surface area contributed by atoms with Crippen molar-refractivity contribution in [3.63, 3.8) is 0 Å². The molecule has 1 aromatic rings. The van der Waals surface area contributed by atoms with Gasteiger partial charge in [-0.1, -0.05) is 44.2 Å². The third-order valence-corrected chi connectivity index (χ3v) is 7.88. The molecule has 2 saturated heterocycles. The molecule has 6 atom stereocenters. The number of hydrogen-bond acceptors (Lipinski definition) is 6. The highest BCUT2D eigenvalue weighted by molar-refractivity contribution is 5.95. The number of ether oxygens (including phenoxy) is 1. The molecule has 0 unspecified atom stereocenters. The van der Waals surface area contributed by atoms with E-state index in [2.05, 4.69) is 15.4 Å². The average Bonchev–Trinajstić information content (AvgIpc) is 3.20. The third-order valence-electron chi connectivity index (χ3n) is 7.88. The maximum absolute atomic E-state index is 13.5. The SMILES string of the molecule is CC1(C)[C@@H]2[C@@H](C(=O)N[C@@H](C[C@@H]3CCNC3=O)C(=O)COC(F)(F)F)N(C(=O)[C@H](O)c3ccccc3)C[C@@H]21. The number of rotatable bonds is 9. The van der Waals surface area contributed by atoms with Crippen molar-refractivity contribution in [3.8, 4) is 0 Å². The Bertz CT molecular complexity index is 1060. The van der Waals surface area contributed by atoms with Crippen LogP contribution in [0, 0.1) is 23.2 Å². The first kappa shape index (κ1) is 27.1. The molecule has 3 aliphatic rings. The summed E-state index contributed by atoms with van der Waals surface area (Å²) in [5.41, 5.74) is 0.0804. The van der Waals surface area contributed by atoms with Crippen molar-refractivity contribution in [1.82, 2.24) is 15.5 Å². The van der Waals surface area contributed by atoms with Crippen LogP contribution in [0.2, 0.25) is 0 Å². The minimum atomic E-state index is -5.04. The van der Waals surface area contributed by atoms with E-state index in [1.54, 1.807) is 30.3 Å². The number of piperidine rings is 1. The highest BCUT2D eigenvalue weighted by atomic mass is 19.4. The van der Waals surface area contributed by atoms with Gasteiger partial charge in [0.2, 0.25) is 11.8 Å². The molecule has 1 saturated carbocycles. The summed E-state index contributed by atoms with van der Waals surface area (Å²) in [7, 11) is 0. The van der Waals surface area contributed by atoms with Crippen LogP contribution in [0.25, 0.3) is 0 Å². The zero-order valence-corrected chi connectivity index (χ0v) is 20.5.